The van der Waals surface area contributed by atoms with Gasteiger partial charge in [0.25, 0.3) is 0 Å². The van der Waals surface area contributed by atoms with Crippen LogP contribution in [0.5, 0.6) is 0 Å². The normalized spacial score (nSPS) is 9.71. The van der Waals surface area contributed by atoms with Crippen molar-refractivity contribution in [2.24, 2.45) is 0 Å². The Balaban J connectivity index is 2.39. The fourth-order valence-electron chi connectivity index (χ4n) is 1.02. The Labute approximate surface area is 81.3 Å². The molecule has 0 bridgehead atoms. The Hall–Kier alpha value is -2.10. The molecule has 4 heteroatoms. The molecule has 14 heavy (non-hydrogen) atoms. The third kappa shape index (κ3) is 1.64. The molecule has 0 aliphatic heterocycles. The van der Waals surface area contributed by atoms with Crippen LogP contribution in [0.3, 0.4) is 0 Å². The second kappa shape index (κ2) is 3.74. The summed E-state index contributed by atoms with van der Waals surface area (Å²) >= 11 is 0. The first-order valence-corrected chi connectivity index (χ1v) is 4.15. The van der Waals surface area contributed by atoms with Crippen LogP contribution < -0.4 is 0 Å². The van der Waals surface area contributed by atoms with Gasteiger partial charge in [-0.05, 0) is 6.08 Å². The molecule has 1 aromatic carbocycles. The van der Waals surface area contributed by atoms with E-state index in [-0.39, 0.29) is 0 Å². The minimum atomic E-state index is 0.435. The average molecular weight is 184 g/mol. The van der Waals surface area contributed by atoms with E-state index >= 15 is 0 Å². The van der Waals surface area contributed by atoms with Gasteiger partial charge in [0.1, 0.15) is 0 Å². The summed E-state index contributed by atoms with van der Waals surface area (Å²) in [5, 5.41) is 15.5. The van der Waals surface area contributed by atoms with Crippen LogP contribution in [0, 0.1) is 0 Å². The summed E-state index contributed by atoms with van der Waals surface area (Å²) in [6.07, 6.45) is 1.51. The summed E-state index contributed by atoms with van der Waals surface area (Å²) in [7, 11) is 0. The fourth-order valence-corrected chi connectivity index (χ4v) is 1.02. The van der Waals surface area contributed by atoms with Gasteiger partial charge in [-0.1, -0.05) is 36.9 Å². The van der Waals surface area contributed by atoms with E-state index in [2.05, 4.69) is 27.0 Å². The SMILES string of the molecule is C=Cc1nnc(-c2ccccc2)nn1. The zero-order chi connectivity index (χ0) is 9.80. The average Bonchev–Trinajstić information content (AvgIpc) is 2.30. The quantitative estimate of drug-likeness (QED) is 0.711. The van der Waals surface area contributed by atoms with Gasteiger partial charge in [-0.25, -0.2) is 0 Å². The molecular weight excluding hydrogens is 176 g/mol. The minimum absolute atomic E-state index is 0.435. The first-order valence-electron chi connectivity index (χ1n) is 4.15. The van der Waals surface area contributed by atoms with Gasteiger partial charge in [0.2, 0.25) is 5.82 Å². The zero-order valence-electron chi connectivity index (χ0n) is 7.46. The second-order valence-corrected chi connectivity index (χ2v) is 2.65. The van der Waals surface area contributed by atoms with E-state index in [9.17, 15) is 0 Å². The molecule has 2 aromatic rings. The lowest BCUT2D eigenvalue weighted by Gasteiger charge is -1.96. The predicted octanol–water partition coefficient (Wildman–Crippen LogP) is 1.58. The molecule has 0 fully saturated rings. The number of nitrogens with zero attached hydrogens (tertiary/aromatic N) is 4. The molecule has 1 aromatic heterocycles. The lowest BCUT2D eigenvalue weighted by Crippen LogP contribution is -1.98. The van der Waals surface area contributed by atoms with Crippen molar-refractivity contribution >= 4 is 6.08 Å². The zero-order valence-corrected chi connectivity index (χ0v) is 7.46. The summed E-state index contributed by atoms with van der Waals surface area (Å²) < 4.78 is 0. The largest absolute Gasteiger partial charge is 0.203 e. The Bertz CT molecular complexity index is 422. The van der Waals surface area contributed by atoms with Crippen molar-refractivity contribution in [3.8, 4) is 11.4 Å². The van der Waals surface area contributed by atoms with Gasteiger partial charge in [-0.15, -0.1) is 20.4 Å². The molecular formula is C10H8N4. The van der Waals surface area contributed by atoms with Crippen molar-refractivity contribution in [1.29, 1.82) is 0 Å². The van der Waals surface area contributed by atoms with Crippen molar-refractivity contribution < 1.29 is 0 Å². The second-order valence-electron chi connectivity index (χ2n) is 2.65. The Kier molecular flexibility index (Phi) is 2.27. The van der Waals surface area contributed by atoms with Crippen LogP contribution >= 0.6 is 0 Å². The molecule has 0 saturated heterocycles. The number of benzene rings is 1. The van der Waals surface area contributed by atoms with E-state index in [1.807, 2.05) is 30.3 Å². The highest BCUT2D eigenvalue weighted by Gasteiger charge is 2.00. The first kappa shape index (κ1) is 8.50. The van der Waals surface area contributed by atoms with Crippen molar-refractivity contribution in [3.63, 3.8) is 0 Å². The molecule has 0 N–H and O–H groups in total. The third-order valence-corrected chi connectivity index (χ3v) is 1.71. The predicted molar refractivity (Wildman–Crippen MR) is 53.1 cm³/mol. The maximum atomic E-state index is 3.92. The van der Waals surface area contributed by atoms with E-state index in [1.165, 1.54) is 6.08 Å². The van der Waals surface area contributed by atoms with E-state index in [1.54, 1.807) is 0 Å². The Morgan fingerprint density at radius 2 is 1.57 bits per heavy atom. The molecule has 0 atom stereocenters. The molecule has 4 nitrogen and oxygen atoms in total. The van der Waals surface area contributed by atoms with Gasteiger partial charge in [-0.2, -0.15) is 0 Å². The summed E-state index contributed by atoms with van der Waals surface area (Å²) in [4.78, 5) is 0. The topological polar surface area (TPSA) is 51.6 Å². The summed E-state index contributed by atoms with van der Waals surface area (Å²) in [5.74, 6) is 0.959. The maximum absolute atomic E-state index is 3.92. The van der Waals surface area contributed by atoms with Crippen LogP contribution in [0.1, 0.15) is 5.82 Å². The van der Waals surface area contributed by atoms with Gasteiger partial charge >= 0.3 is 0 Å². The van der Waals surface area contributed by atoms with Crippen LogP contribution in [-0.2, 0) is 0 Å². The number of hydrogen-bond acceptors (Lipinski definition) is 4. The number of aromatic nitrogens is 4. The molecule has 0 unspecified atom stereocenters. The van der Waals surface area contributed by atoms with Crippen molar-refractivity contribution in [3.05, 3.63) is 42.7 Å². The summed E-state index contributed by atoms with van der Waals surface area (Å²) in [5.41, 5.74) is 0.906. The molecule has 68 valence electrons. The van der Waals surface area contributed by atoms with Crippen LogP contribution in [0.15, 0.2) is 36.9 Å². The van der Waals surface area contributed by atoms with E-state index in [0.29, 0.717) is 11.6 Å². The first-order chi connectivity index (χ1) is 6.90. The van der Waals surface area contributed by atoms with Gasteiger partial charge in [0.15, 0.2) is 5.82 Å². The fraction of sp³-hybridized carbons (Fsp3) is 0. The third-order valence-electron chi connectivity index (χ3n) is 1.71. The Morgan fingerprint density at radius 3 is 2.14 bits per heavy atom. The van der Waals surface area contributed by atoms with Gasteiger partial charge in [0.05, 0.1) is 0 Å². The standard InChI is InChI=1S/C10H8N4/c1-2-9-11-13-10(14-12-9)8-6-4-3-5-7-8/h2-7H,1H2. The number of hydrogen-bond donors (Lipinski definition) is 0. The summed E-state index contributed by atoms with van der Waals surface area (Å²) in [6, 6.07) is 9.58. The molecule has 0 aliphatic carbocycles. The van der Waals surface area contributed by atoms with Gasteiger partial charge in [0, 0.05) is 5.56 Å². The number of rotatable bonds is 2. The van der Waals surface area contributed by atoms with Crippen molar-refractivity contribution in [2.45, 2.75) is 0 Å². The van der Waals surface area contributed by atoms with E-state index in [0.717, 1.165) is 5.56 Å². The van der Waals surface area contributed by atoms with Gasteiger partial charge < -0.3 is 0 Å². The van der Waals surface area contributed by atoms with E-state index in [4.69, 9.17) is 0 Å². The molecule has 0 amide bonds. The summed E-state index contributed by atoms with van der Waals surface area (Å²) in [6.45, 7) is 3.53. The maximum Gasteiger partial charge on any atom is 0.203 e. The van der Waals surface area contributed by atoms with Crippen LogP contribution in [0.25, 0.3) is 17.5 Å². The molecule has 0 spiro atoms. The van der Waals surface area contributed by atoms with Gasteiger partial charge in [-0.3, -0.25) is 0 Å². The van der Waals surface area contributed by atoms with Crippen molar-refractivity contribution in [2.75, 3.05) is 0 Å². The minimum Gasteiger partial charge on any atom is -0.126 e. The van der Waals surface area contributed by atoms with Crippen LogP contribution in [0.4, 0.5) is 0 Å². The molecule has 0 radical (unpaired) electrons. The highest BCUT2D eigenvalue weighted by atomic mass is 15.3. The molecule has 1 heterocycles. The van der Waals surface area contributed by atoms with Crippen LogP contribution in [0.2, 0.25) is 0 Å². The highest BCUT2D eigenvalue weighted by molar-refractivity contribution is 5.53. The molecule has 0 aliphatic rings. The molecule has 0 saturated carbocycles. The monoisotopic (exact) mass is 184 g/mol. The molecule has 2 rings (SSSR count). The highest BCUT2D eigenvalue weighted by Crippen LogP contribution is 2.10. The lowest BCUT2D eigenvalue weighted by atomic mass is 10.2. The van der Waals surface area contributed by atoms with Crippen LogP contribution in [-0.4, -0.2) is 20.4 Å². The Morgan fingerprint density at radius 1 is 0.929 bits per heavy atom. The van der Waals surface area contributed by atoms with E-state index < -0.39 is 0 Å². The van der Waals surface area contributed by atoms with Crippen molar-refractivity contribution in [1.82, 2.24) is 20.4 Å². The lowest BCUT2D eigenvalue weighted by molar-refractivity contribution is 0.851. The smallest absolute Gasteiger partial charge is 0.126 e.